The molecule has 2 aliphatic rings. The molecule has 1 heterocycles. The Labute approximate surface area is 77.1 Å². The molecule has 1 aliphatic carbocycles. The van der Waals surface area contributed by atoms with Crippen molar-refractivity contribution in [2.75, 3.05) is 13.1 Å². The van der Waals surface area contributed by atoms with E-state index in [1.54, 1.807) is 0 Å². The zero-order valence-electron chi connectivity index (χ0n) is 7.68. The van der Waals surface area contributed by atoms with Crippen LogP contribution in [0, 0.1) is 0 Å². The number of halogens is 2. The first-order valence-electron chi connectivity index (χ1n) is 4.93. The van der Waals surface area contributed by atoms with Gasteiger partial charge < -0.3 is 5.73 Å². The lowest BCUT2D eigenvalue weighted by Gasteiger charge is -2.39. The third-order valence-corrected chi connectivity index (χ3v) is 3.08. The lowest BCUT2D eigenvalue weighted by Crippen LogP contribution is -2.59. The minimum Gasteiger partial charge on any atom is -0.319 e. The van der Waals surface area contributed by atoms with Gasteiger partial charge >= 0.3 is 0 Å². The molecule has 0 amide bonds. The molecule has 2 nitrogen and oxygen atoms in total. The monoisotopic (exact) mass is 190 g/mol. The van der Waals surface area contributed by atoms with E-state index in [9.17, 15) is 8.78 Å². The summed E-state index contributed by atoms with van der Waals surface area (Å²) < 4.78 is 25.2. The summed E-state index contributed by atoms with van der Waals surface area (Å²) >= 11 is 0. The van der Waals surface area contributed by atoms with Crippen molar-refractivity contribution in [2.45, 2.75) is 43.7 Å². The Morgan fingerprint density at radius 3 is 2.62 bits per heavy atom. The SMILES string of the molecule is NC1(C(F)F)CCCN(C2CC2)C1. The summed E-state index contributed by atoms with van der Waals surface area (Å²) in [5.74, 6) is 0. The summed E-state index contributed by atoms with van der Waals surface area (Å²) in [7, 11) is 0. The van der Waals surface area contributed by atoms with E-state index in [0.717, 1.165) is 13.0 Å². The average Bonchev–Trinajstić information content (AvgIpc) is 2.86. The highest BCUT2D eigenvalue weighted by Crippen LogP contribution is 2.33. The van der Waals surface area contributed by atoms with Crippen LogP contribution in [-0.2, 0) is 0 Å². The molecule has 1 unspecified atom stereocenters. The molecule has 1 saturated heterocycles. The second-order valence-corrected chi connectivity index (χ2v) is 4.34. The van der Waals surface area contributed by atoms with Gasteiger partial charge in [0.2, 0.25) is 0 Å². The van der Waals surface area contributed by atoms with Gasteiger partial charge in [0.05, 0.1) is 5.54 Å². The van der Waals surface area contributed by atoms with Gasteiger partial charge in [0, 0.05) is 12.6 Å². The van der Waals surface area contributed by atoms with Crippen LogP contribution in [0.4, 0.5) is 8.78 Å². The highest BCUT2D eigenvalue weighted by Gasteiger charge is 2.43. The zero-order chi connectivity index (χ0) is 9.47. The molecule has 0 aromatic carbocycles. The molecular weight excluding hydrogens is 174 g/mol. The van der Waals surface area contributed by atoms with Gasteiger partial charge in [-0.25, -0.2) is 8.78 Å². The Morgan fingerprint density at radius 2 is 2.08 bits per heavy atom. The summed E-state index contributed by atoms with van der Waals surface area (Å²) in [6.45, 7) is 1.34. The van der Waals surface area contributed by atoms with E-state index < -0.39 is 12.0 Å². The molecule has 1 atom stereocenters. The lowest BCUT2D eigenvalue weighted by molar-refractivity contribution is 0.00232. The van der Waals surface area contributed by atoms with Gasteiger partial charge in [-0.3, -0.25) is 4.90 Å². The van der Waals surface area contributed by atoms with Gasteiger partial charge in [0.25, 0.3) is 6.43 Å². The Bertz CT molecular complexity index is 194. The number of rotatable bonds is 2. The first-order chi connectivity index (χ1) is 6.12. The molecule has 1 aliphatic heterocycles. The Hall–Kier alpha value is -0.220. The Kier molecular flexibility index (Phi) is 2.28. The van der Waals surface area contributed by atoms with E-state index in [1.165, 1.54) is 12.8 Å². The summed E-state index contributed by atoms with van der Waals surface area (Å²) in [6.07, 6.45) is 1.23. The molecule has 1 saturated carbocycles. The normalized spacial score (nSPS) is 36.9. The van der Waals surface area contributed by atoms with Crippen LogP contribution >= 0.6 is 0 Å². The highest BCUT2D eigenvalue weighted by atomic mass is 19.3. The van der Waals surface area contributed by atoms with Crippen molar-refractivity contribution in [1.29, 1.82) is 0 Å². The highest BCUT2D eigenvalue weighted by molar-refractivity contribution is 4.98. The number of likely N-dealkylation sites (tertiary alicyclic amines) is 1. The van der Waals surface area contributed by atoms with Crippen molar-refractivity contribution in [3.63, 3.8) is 0 Å². The molecule has 13 heavy (non-hydrogen) atoms. The minimum atomic E-state index is -2.38. The quantitative estimate of drug-likeness (QED) is 0.709. The van der Waals surface area contributed by atoms with Crippen LogP contribution in [0.25, 0.3) is 0 Å². The molecule has 2 fully saturated rings. The maximum absolute atomic E-state index is 12.6. The predicted molar refractivity (Wildman–Crippen MR) is 46.8 cm³/mol. The van der Waals surface area contributed by atoms with E-state index in [1.807, 2.05) is 0 Å². The van der Waals surface area contributed by atoms with Crippen molar-refractivity contribution in [2.24, 2.45) is 5.73 Å². The van der Waals surface area contributed by atoms with Gasteiger partial charge in [0.15, 0.2) is 0 Å². The maximum Gasteiger partial charge on any atom is 0.257 e. The van der Waals surface area contributed by atoms with Crippen molar-refractivity contribution >= 4 is 0 Å². The van der Waals surface area contributed by atoms with E-state index in [0.29, 0.717) is 19.0 Å². The molecule has 0 bridgehead atoms. The van der Waals surface area contributed by atoms with E-state index in [4.69, 9.17) is 5.73 Å². The average molecular weight is 190 g/mol. The van der Waals surface area contributed by atoms with Crippen LogP contribution in [0.2, 0.25) is 0 Å². The fourth-order valence-corrected chi connectivity index (χ4v) is 2.08. The molecular formula is C9H16F2N2. The number of nitrogens with zero attached hydrogens (tertiary/aromatic N) is 1. The fraction of sp³-hybridized carbons (Fsp3) is 1.00. The number of hydrogen-bond donors (Lipinski definition) is 1. The standard InChI is InChI=1S/C9H16F2N2/c10-8(11)9(12)4-1-5-13(6-9)7-2-3-7/h7-8H,1-6,12H2. The second kappa shape index (κ2) is 3.17. The van der Waals surface area contributed by atoms with Crippen molar-refractivity contribution < 1.29 is 8.78 Å². The summed E-state index contributed by atoms with van der Waals surface area (Å²) in [6, 6.07) is 0.557. The van der Waals surface area contributed by atoms with E-state index in [2.05, 4.69) is 4.90 Å². The summed E-state index contributed by atoms with van der Waals surface area (Å²) in [4.78, 5) is 2.13. The number of hydrogen-bond acceptors (Lipinski definition) is 2. The Morgan fingerprint density at radius 1 is 1.38 bits per heavy atom. The van der Waals surface area contributed by atoms with E-state index >= 15 is 0 Å². The number of alkyl halides is 2. The van der Waals surface area contributed by atoms with Gasteiger partial charge in [-0.05, 0) is 32.2 Å². The first kappa shape index (κ1) is 9.34. The molecule has 76 valence electrons. The topological polar surface area (TPSA) is 29.3 Å². The molecule has 0 aromatic rings. The minimum absolute atomic E-state index is 0.384. The van der Waals surface area contributed by atoms with Crippen molar-refractivity contribution in [1.82, 2.24) is 4.90 Å². The van der Waals surface area contributed by atoms with Crippen LogP contribution in [-0.4, -0.2) is 36.0 Å². The summed E-state index contributed by atoms with van der Waals surface area (Å²) in [5.41, 5.74) is 4.43. The smallest absolute Gasteiger partial charge is 0.257 e. The molecule has 0 spiro atoms. The second-order valence-electron chi connectivity index (χ2n) is 4.34. The summed E-state index contributed by atoms with van der Waals surface area (Å²) in [5, 5.41) is 0. The predicted octanol–water partition coefficient (Wildman–Crippen LogP) is 1.21. The van der Waals surface area contributed by atoms with Crippen molar-refractivity contribution in [3.8, 4) is 0 Å². The fourth-order valence-electron chi connectivity index (χ4n) is 2.08. The van der Waals surface area contributed by atoms with Crippen molar-refractivity contribution in [3.05, 3.63) is 0 Å². The van der Waals surface area contributed by atoms with Gasteiger partial charge in [-0.1, -0.05) is 0 Å². The van der Waals surface area contributed by atoms with Crippen LogP contribution in [0.1, 0.15) is 25.7 Å². The van der Waals surface area contributed by atoms with Crippen LogP contribution in [0.5, 0.6) is 0 Å². The first-order valence-corrected chi connectivity index (χ1v) is 4.93. The largest absolute Gasteiger partial charge is 0.319 e. The van der Waals surface area contributed by atoms with Crippen LogP contribution in [0.15, 0.2) is 0 Å². The molecule has 2 rings (SSSR count). The van der Waals surface area contributed by atoms with Gasteiger partial charge in [0.1, 0.15) is 0 Å². The van der Waals surface area contributed by atoms with Crippen LogP contribution < -0.4 is 5.73 Å². The molecule has 2 N–H and O–H groups in total. The zero-order valence-corrected chi connectivity index (χ0v) is 7.68. The number of nitrogens with two attached hydrogens (primary N) is 1. The van der Waals surface area contributed by atoms with Gasteiger partial charge in [-0.2, -0.15) is 0 Å². The molecule has 0 aromatic heterocycles. The maximum atomic E-state index is 12.6. The number of piperidine rings is 1. The Balaban J connectivity index is 1.97. The van der Waals surface area contributed by atoms with Crippen LogP contribution in [0.3, 0.4) is 0 Å². The lowest BCUT2D eigenvalue weighted by atomic mass is 9.90. The van der Waals surface area contributed by atoms with E-state index in [-0.39, 0.29) is 0 Å². The van der Waals surface area contributed by atoms with Gasteiger partial charge in [-0.15, -0.1) is 0 Å². The third kappa shape index (κ3) is 1.83. The molecule has 4 heteroatoms. The third-order valence-electron chi connectivity index (χ3n) is 3.08. The molecule has 0 radical (unpaired) electrons.